The van der Waals surface area contributed by atoms with Crippen molar-refractivity contribution < 1.29 is 9.59 Å². The number of aldehydes is 1. The van der Waals surface area contributed by atoms with Crippen molar-refractivity contribution >= 4 is 12.2 Å². The maximum Gasteiger partial charge on any atom is 0.267 e. The normalized spacial score (nSPS) is 10.0. The van der Waals surface area contributed by atoms with Crippen LogP contribution < -0.4 is 5.73 Å². The molecule has 1 amide bonds. The summed E-state index contributed by atoms with van der Waals surface area (Å²) in [6, 6.07) is 11.0. The van der Waals surface area contributed by atoms with Crippen LogP contribution in [0.3, 0.4) is 0 Å². The fraction of sp³-hybridized carbons (Fsp3) is 0.0714. The number of amides is 1. The van der Waals surface area contributed by atoms with Crippen molar-refractivity contribution in [2.45, 2.75) is 6.42 Å². The van der Waals surface area contributed by atoms with E-state index in [9.17, 15) is 9.59 Å². The van der Waals surface area contributed by atoms with E-state index in [-0.39, 0.29) is 12.1 Å². The summed E-state index contributed by atoms with van der Waals surface area (Å²) in [4.78, 5) is 26.1. The molecule has 0 aliphatic heterocycles. The average molecular weight is 240 g/mol. The third kappa shape index (κ3) is 2.27. The van der Waals surface area contributed by atoms with E-state index >= 15 is 0 Å². The highest BCUT2D eigenvalue weighted by Crippen LogP contribution is 2.26. The number of primary amides is 1. The molecule has 18 heavy (non-hydrogen) atoms. The molecule has 2 rings (SSSR count). The Morgan fingerprint density at radius 2 is 1.94 bits per heavy atom. The van der Waals surface area contributed by atoms with Gasteiger partial charge in [-0.1, -0.05) is 30.3 Å². The lowest BCUT2D eigenvalue weighted by atomic mass is 9.96. The van der Waals surface area contributed by atoms with Crippen LogP contribution in [0.15, 0.2) is 42.6 Å². The van der Waals surface area contributed by atoms with Gasteiger partial charge in [0.15, 0.2) is 0 Å². The molecule has 0 unspecified atom stereocenters. The van der Waals surface area contributed by atoms with E-state index in [1.807, 2.05) is 30.3 Å². The van der Waals surface area contributed by atoms with E-state index in [1.54, 1.807) is 6.07 Å². The zero-order chi connectivity index (χ0) is 13.0. The molecule has 0 atom stereocenters. The van der Waals surface area contributed by atoms with Crippen molar-refractivity contribution in [1.29, 1.82) is 0 Å². The van der Waals surface area contributed by atoms with Crippen LogP contribution in [0.2, 0.25) is 0 Å². The molecule has 0 fully saturated rings. The Balaban J connectivity index is 2.68. The Morgan fingerprint density at radius 3 is 2.56 bits per heavy atom. The van der Waals surface area contributed by atoms with Gasteiger partial charge in [0.25, 0.3) is 5.91 Å². The Bertz CT molecular complexity index is 580. The maximum absolute atomic E-state index is 11.4. The highest BCUT2D eigenvalue weighted by molar-refractivity contribution is 5.99. The topological polar surface area (TPSA) is 73.1 Å². The van der Waals surface area contributed by atoms with Crippen LogP contribution in [0.25, 0.3) is 11.1 Å². The van der Waals surface area contributed by atoms with Crippen LogP contribution in [0.1, 0.15) is 16.1 Å². The smallest absolute Gasteiger partial charge is 0.267 e. The van der Waals surface area contributed by atoms with Crippen molar-refractivity contribution in [1.82, 2.24) is 4.98 Å². The van der Waals surface area contributed by atoms with Gasteiger partial charge in [0, 0.05) is 18.2 Å². The van der Waals surface area contributed by atoms with Crippen LogP contribution in [0, 0.1) is 0 Å². The Kier molecular flexibility index (Phi) is 3.48. The fourth-order valence-electron chi connectivity index (χ4n) is 1.88. The molecular weight excluding hydrogens is 228 g/mol. The third-order valence-corrected chi connectivity index (χ3v) is 2.64. The molecule has 4 nitrogen and oxygen atoms in total. The minimum absolute atomic E-state index is 0.195. The lowest BCUT2D eigenvalue weighted by Crippen LogP contribution is -2.15. The maximum atomic E-state index is 11.4. The zero-order valence-corrected chi connectivity index (χ0v) is 9.67. The summed E-state index contributed by atoms with van der Waals surface area (Å²) in [6.07, 6.45) is 2.52. The van der Waals surface area contributed by atoms with Gasteiger partial charge in [0.05, 0.1) is 0 Å². The molecule has 4 heteroatoms. The van der Waals surface area contributed by atoms with Crippen molar-refractivity contribution in [3.63, 3.8) is 0 Å². The van der Waals surface area contributed by atoms with Crippen LogP contribution >= 0.6 is 0 Å². The number of hydrogen-bond donors (Lipinski definition) is 1. The van der Waals surface area contributed by atoms with E-state index in [1.165, 1.54) is 6.20 Å². The summed E-state index contributed by atoms with van der Waals surface area (Å²) in [7, 11) is 0. The molecule has 1 heterocycles. The van der Waals surface area contributed by atoms with Gasteiger partial charge in [-0.3, -0.25) is 9.78 Å². The minimum atomic E-state index is -0.596. The molecule has 0 saturated carbocycles. The number of benzene rings is 1. The van der Waals surface area contributed by atoms with Gasteiger partial charge in [-0.05, 0) is 17.2 Å². The first-order chi connectivity index (χ1) is 8.74. The number of rotatable bonds is 4. The average Bonchev–Trinajstić information content (AvgIpc) is 2.40. The minimum Gasteiger partial charge on any atom is -0.364 e. The van der Waals surface area contributed by atoms with Crippen molar-refractivity contribution in [3.8, 4) is 11.1 Å². The van der Waals surface area contributed by atoms with Crippen LogP contribution in [0.4, 0.5) is 0 Å². The highest BCUT2D eigenvalue weighted by Gasteiger charge is 2.15. The standard InChI is InChI=1S/C14H12N2O2/c15-14(18)13-12(10-4-2-1-3-5-10)11(7-9-17)6-8-16-13/h1-6,8-9H,7H2,(H2,15,18). The molecular formula is C14H12N2O2. The van der Waals surface area contributed by atoms with E-state index in [4.69, 9.17) is 5.73 Å². The first-order valence-electron chi connectivity index (χ1n) is 5.50. The van der Waals surface area contributed by atoms with Crippen molar-refractivity contribution in [2.24, 2.45) is 5.73 Å². The predicted molar refractivity (Wildman–Crippen MR) is 68.0 cm³/mol. The second kappa shape index (κ2) is 5.23. The molecule has 2 aromatic rings. The molecule has 0 aliphatic carbocycles. The first-order valence-corrected chi connectivity index (χ1v) is 5.50. The summed E-state index contributed by atoms with van der Waals surface area (Å²) in [6.45, 7) is 0. The summed E-state index contributed by atoms with van der Waals surface area (Å²) in [5.41, 5.74) is 7.74. The number of carbonyl (C=O) groups is 2. The van der Waals surface area contributed by atoms with E-state index in [2.05, 4.69) is 4.98 Å². The lowest BCUT2D eigenvalue weighted by Gasteiger charge is -2.10. The monoisotopic (exact) mass is 240 g/mol. The van der Waals surface area contributed by atoms with Crippen LogP contribution in [0.5, 0.6) is 0 Å². The van der Waals surface area contributed by atoms with Gasteiger partial charge in [-0.25, -0.2) is 0 Å². The second-order valence-electron chi connectivity index (χ2n) is 3.79. The molecule has 0 spiro atoms. The van der Waals surface area contributed by atoms with Crippen LogP contribution in [-0.4, -0.2) is 17.2 Å². The number of hydrogen-bond acceptors (Lipinski definition) is 3. The predicted octanol–water partition coefficient (Wildman–Crippen LogP) is 1.59. The Hall–Kier alpha value is -2.49. The molecule has 1 aromatic heterocycles. The molecule has 0 saturated heterocycles. The van der Waals surface area contributed by atoms with Gasteiger partial charge in [0.1, 0.15) is 12.0 Å². The van der Waals surface area contributed by atoms with E-state index < -0.39 is 5.91 Å². The van der Waals surface area contributed by atoms with Gasteiger partial charge in [0.2, 0.25) is 0 Å². The largest absolute Gasteiger partial charge is 0.364 e. The first kappa shape index (κ1) is 12.0. The number of aromatic nitrogens is 1. The van der Waals surface area contributed by atoms with Crippen molar-refractivity contribution in [2.75, 3.05) is 0 Å². The van der Waals surface area contributed by atoms with E-state index in [0.29, 0.717) is 5.56 Å². The summed E-state index contributed by atoms with van der Waals surface area (Å²) in [5.74, 6) is -0.596. The molecule has 0 bridgehead atoms. The number of pyridine rings is 1. The summed E-state index contributed by atoms with van der Waals surface area (Å²) < 4.78 is 0. The molecule has 0 radical (unpaired) electrons. The SMILES string of the molecule is NC(=O)c1nccc(CC=O)c1-c1ccccc1. The molecule has 1 aromatic carbocycles. The quantitative estimate of drug-likeness (QED) is 0.825. The number of nitrogens with two attached hydrogens (primary N) is 1. The second-order valence-corrected chi connectivity index (χ2v) is 3.79. The summed E-state index contributed by atoms with van der Waals surface area (Å²) in [5, 5.41) is 0. The van der Waals surface area contributed by atoms with Crippen LogP contribution in [-0.2, 0) is 11.2 Å². The molecule has 0 aliphatic rings. The summed E-state index contributed by atoms with van der Waals surface area (Å²) >= 11 is 0. The lowest BCUT2D eigenvalue weighted by molar-refractivity contribution is -0.107. The Morgan fingerprint density at radius 1 is 1.22 bits per heavy atom. The molecule has 2 N–H and O–H groups in total. The third-order valence-electron chi connectivity index (χ3n) is 2.64. The van der Waals surface area contributed by atoms with Gasteiger partial charge in [-0.2, -0.15) is 0 Å². The van der Waals surface area contributed by atoms with Gasteiger partial charge >= 0.3 is 0 Å². The molecule has 90 valence electrons. The Labute approximate surface area is 104 Å². The zero-order valence-electron chi connectivity index (χ0n) is 9.67. The van der Waals surface area contributed by atoms with Gasteiger partial charge in [-0.15, -0.1) is 0 Å². The fourth-order valence-corrected chi connectivity index (χ4v) is 1.88. The van der Waals surface area contributed by atoms with Crippen molar-refractivity contribution in [3.05, 3.63) is 53.9 Å². The number of carbonyl (C=O) groups excluding carboxylic acids is 2. The van der Waals surface area contributed by atoms with E-state index in [0.717, 1.165) is 17.4 Å². The number of nitrogens with zero attached hydrogens (tertiary/aromatic N) is 1. The highest BCUT2D eigenvalue weighted by atomic mass is 16.1. The van der Waals surface area contributed by atoms with Gasteiger partial charge < -0.3 is 10.5 Å².